The number of amides is 1. The number of hydrogen-bond acceptors (Lipinski definition) is 6. The quantitative estimate of drug-likeness (QED) is 0.483. The fourth-order valence-electron chi connectivity index (χ4n) is 2.42. The summed E-state index contributed by atoms with van der Waals surface area (Å²) in [5.74, 6) is 1.67. The fraction of sp³-hybridized carbons (Fsp3) is 0.200. The molecule has 1 atom stereocenters. The van der Waals surface area contributed by atoms with Crippen LogP contribution in [0, 0.1) is 0 Å². The van der Waals surface area contributed by atoms with Crippen LogP contribution in [0.5, 0.6) is 11.5 Å². The van der Waals surface area contributed by atoms with Gasteiger partial charge in [-0.05, 0) is 19.1 Å². The van der Waals surface area contributed by atoms with Crippen LogP contribution in [0.1, 0.15) is 6.92 Å². The van der Waals surface area contributed by atoms with Crippen molar-refractivity contribution in [2.45, 2.75) is 17.4 Å². The summed E-state index contributed by atoms with van der Waals surface area (Å²) in [5, 5.41) is 2.88. The van der Waals surface area contributed by atoms with Crippen LogP contribution in [0.2, 0.25) is 0 Å². The highest BCUT2D eigenvalue weighted by Gasteiger charge is 2.19. The molecule has 1 amide bonds. The Kier molecular flexibility index (Phi) is 6.64. The number of benzene rings is 2. The van der Waals surface area contributed by atoms with Crippen molar-refractivity contribution < 1.29 is 18.7 Å². The molecular weight excluding hydrogens is 444 g/mol. The van der Waals surface area contributed by atoms with Crippen LogP contribution >= 0.6 is 27.7 Å². The average Bonchev–Trinajstić information content (AvgIpc) is 3.16. The molecule has 28 heavy (non-hydrogen) atoms. The van der Waals surface area contributed by atoms with Gasteiger partial charge in [0, 0.05) is 33.9 Å². The first-order valence-corrected chi connectivity index (χ1v) is 10.1. The van der Waals surface area contributed by atoms with Gasteiger partial charge >= 0.3 is 0 Å². The average molecular weight is 463 g/mol. The van der Waals surface area contributed by atoms with E-state index in [1.807, 2.05) is 24.3 Å². The highest BCUT2D eigenvalue weighted by molar-refractivity contribution is 9.10. The number of ether oxygens (including phenoxy) is 2. The first-order valence-electron chi connectivity index (χ1n) is 8.41. The molecule has 0 spiro atoms. The summed E-state index contributed by atoms with van der Waals surface area (Å²) in [7, 11) is 3.12. The molecule has 1 aromatic heterocycles. The molecule has 2 aromatic carbocycles. The molecule has 0 saturated carbocycles. The van der Waals surface area contributed by atoms with Crippen LogP contribution in [-0.2, 0) is 4.79 Å². The van der Waals surface area contributed by atoms with Gasteiger partial charge in [0.25, 0.3) is 5.22 Å². The van der Waals surface area contributed by atoms with Crippen molar-refractivity contribution in [1.29, 1.82) is 0 Å². The van der Waals surface area contributed by atoms with E-state index < -0.39 is 5.25 Å². The lowest BCUT2D eigenvalue weighted by Crippen LogP contribution is -2.22. The van der Waals surface area contributed by atoms with E-state index in [-0.39, 0.29) is 5.91 Å². The summed E-state index contributed by atoms with van der Waals surface area (Å²) in [6.45, 7) is 1.79. The summed E-state index contributed by atoms with van der Waals surface area (Å²) in [4.78, 5) is 16.8. The van der Waals surface area contributed by atoms with E-state index >= 15 is 0 Å². The zero-order chi connectivity index (χ0) is 20.1. The molecule has 0 radical (unpaired) electrons. The number of anilines is 1. The van der Waals surface area contributed by atoms with Gasteiger partial charge in [0.2, 0.25) is 5.91 Å². The first-order chi connectivity index (χ1) is 13.5. The molecule has 0 saturated heterocycles. The van der Waals surface area contributed by atoms with Crippen LogP contribution in [0.4, 0.5) is 5.69 Å². The Morgan fingerprint density at radius 2 is 1.89 bits per heavy atom. The molecule has 3 rings (SSSR count). The third-order valence-corrected chi connectivity index (χ3v) is 5.31. The van der Waals surface area contributed by atoms with Gasteiger partial charge in [-0.2, -0.15) is 0 Å². The van der Waals surface area contributed by atoms with Gasteiger partial charge in [0.05, 0.1) is 25.7 Å². The second-order valence-corrected chi connectivity index (χ2v) is 8.06. The van der Waals surface area contributed by atoms with Crippen LogP contribution in [0.25, 0.3) is 11.3 Å². The molecule has 146 valence electrons. The first kappa shape index (κ1) is 20.3. The Balaban J connectivity index is 1.66. The molecule has 0 aliphatic carbocycles. The molecule has 6 nitrogen and oxygen atoms in total. The maximum Gasteiger partial charge on any atom is 0.256 e. The Morgan fingerprint density at radius 3 is 2.54 bits per heavy atom. The minimum absolute atomic E-state index is 0.178. The highest BCUT2D eigenvalue weighted by atomic mass is 79.9. The smallest absolute Gasteiger partial charge is 0.256 e. The van der Waals surface area contributed by atoms with Crippen LogP contribution in [0.3, 0.4) is 0 Å². The monoisotopic (exact) mass is 462 g/mol. The maximum atomic E-state index is 12.5. The molecule has 0 bridgehead atoms. The van der Waals surface area contributed by atoms with Crippen molar-refractivity contribution in [2.75, 3.05) is 19.5 Å². The Bertz CT molecular complexity index is 954. The molecule has 0 unspecified atom stereocenters. The summed E-state index contributed by atoms with van der Waals surface area (Å²) in [5.41, 5.74) is 1.50. The predicted molar refractivity (Wildman–Crippen MR) is 113 cm³/mol. The second-order valence-electron chi connectivity index (χ2n) is 5.85. The number of hydrogen-bond donors (Lipinski definition) is 1. The SMILES string of the molecule is COc1cc(NC(=O)[C@@H](C)Sc2ncc(-c3cccc(Br)c3)o2)cc(OC)c1. The number of halogens is 1. The third kappa shape index (κ3) is 5.08. The lowest BCUT2D eigenvalue weighted by atomic mass is 10.2. The number of methoxy groups -OCH3 is 2. The summed E-state index contributed by atoms with van der Waals surface area (Å²) < 4.78 is 17.2. The van der Waals surface area contributed by atoms with E-state index in [0.717, 1.165) is 10.0 Å². The molecule has 0 aliphatic rings. The summed E-state index contributed by atoms with van der Waals surface area (Å²) in [6, 6.07) is 12.9. The molecule has 8 heteroatoms. The molecule has 1 heterocycles. The van der Waals surface area contributed by atoms with E-state index in [0.29, 0.717) is 28.2 Å². The number of rotatable bonds is 7. The zero-order valence-corrected chi connectivity index (χ0v) is 18.0. The molecular formula is C20H19BrN2O4S. The van der Waals surface area contributed by atoms with Crippen molar-refractivity contribution in [2.24, 2.45) is 0 Å². The van der Waals surface area contributed by atoms with E-state index in [1.165, 1.54) is 11.8 Å². The molecule has 3 aromatic rings. The molecule has 0 aliphatic heterocycles. The summed E-state index contributed by atoms with van der Waals surface area (Å²) in [6.07, 6.45) is 1.65. The molecule has 0 fully saturated rings. The van der Waals surface area contributed by atoms with Gasteiger partial charge in [-0.15, -0.1) is 0 Å². The van der Waals surface area contributed by atoms with Crippen molar-refractivity contribution in [1.82, 2.24) is 4.98 Å². The van der Waals surface area contributed by atoms with E-state index in [2.05, 4.69) is 26.2 Å². The van der Waals surface area contributed by atoms with Gasteiger partial charge < -0.3 is 19.2 Å². The lowest BCUT2D eigenvalue weighted by Gasteiger charge is -2.12. The Hall–Kier alpha value is -2.45. The minimum Gasteiger partial charge on any atom is -0.497 e. The van der Waals surface area contributed by atoms with E-state index in [1.54, 1.807) is 45.5 Å². The van der Waals surface area contributed by atoms with Crippen LogP contribution < -0.4 is 14.8 Å². The van der Waals surface area contributed by atoms with Gasteiger partial charge in [0.1, 0.15) is 11.5 Å². The van der Waals surface area contributed by atoms with E-state index in [4.69, 9.17) is 13.9 Å². The standard InChI is InChI=1S/C20H19BrN2O4S/c1-12(19(24)23-15-8-16(25-2)10-17(9-15)26-3)28-20-22-11-18(27-20)13-5-4-6-14(21)7-13/h4-12H,1-3H3,(H,23,24)/t12-/m1/s1. The molecule has 1 N–H and O–H groups in total. The summed E-state index contributed by atoms with van der Waals surface area (Å²) >= 11 is 4.69. The predicted octanol–water partition coefficient (Wildman–Crippen LogP) is 5.24. The topological polar surface area (TPSA) is 73.6 Å². The fourth-order valence-corrected chi connectivity index (χ4v) is 3.54. The largest absolute Gasteiger partial charge is 0.497 e. The van der Waals surface area contributed by atoms with Crippen molar-refractivity contribution >= 4 is 39.3 Å². The van der Waals surface area contributed by atoms with Crippen LogP contribution in [-0.4, -0.2) is 30.4 Å². The van der Waals surface area contributed by atoms with Gasteiger partial charge in [0.15, 0.2) is 5.76 Å². The minimum atomic E-state index is -0.411. The highest BCUT2D eigenvalue weighted by Crippen LogP contribution is 2.30. The van der Waals surface area contributed by atoms with Gasteiger partial charge in [-0.1, -0.05) is 39.8 Å². The van der Waals surface area contributed by atoms with Gasteiger partial charge in [-0.3, -0.25) is 4.79 Å². The number of carbonyl (C=O) groups is 1. The van der Waals surface area contributed by atoms with Crippen molar-refractivity contribution in [3.8, 4) is 22.8 Å². The number of thioether (sulfide) groups is 1. The lowest BCUT2D eigenvalue weighted by molar-refractivity contribution is -0.115. The van der Waals surface area contributed by atoms with Gasteiger partial charge in [-0.25, -0.2) is 4.98 Å². The Labute approximate surface area is 175 Å². The number of carbonyl (C=O) groups excluding carboxylic acids is 1. The number of nitrogens with one attached hydrogen (secondary N) is 1. The third-order valence-electron chi connectivity index (χ3n) is 3.86. The van der Waals surface area contributed by atoms with Crippen molar-refractivity contribution in [3.63, 3.8) is 0 Å². The number of aromatic nitrogens is 1. The Morgan fingerprint density at radius 1 is 1.18 bits per heavy atom. The number of nitrogens with zero attached hydrogens (tertiary/aromatic N) is 1. The maximum absolute atomic E-state index is 12.5. The zero-order valence-electron chi connectivity index (χ0n) is 15.6. The normalized spacial score (nSPS) is 11.7. The van der Waals surface area contributed by atoms with E-state index in [9.17, 15) is 4.79 Å². The number of oxazole rings is 1. The van der Waals surface area contributed by atoms with Crippen LogP contribution in [0.15, 0.2) is 62.8 Å². The van der Waals surface area contributed by atoms with Crippen molar-refractivity contribution in [3.05, 3.63) is 53.1 Å². The second kappa shape index (κ2) is 9.16.